The fourth-order valence-electron chi connectivity index (χ4n) is 7.72. The summed E-state index contributed by atoms with van der Waals surface area (Å²) in [5, 5.41) is 7.73. The number of fused-ring (bicyclic) bond motifs is 9. The summed E-state index contributed by atoms with van der Waals surface area (Å²) in [6, 6.07) is 56.2. The van der Waals surface area contributed by atoms with E-state index in [-0.39, 0.29) is 0 Å². The fraction of sp³-hybridized carbons (Fsp3) is 0.0667. The van der Waals surface area contributed by atoms with Gasteiger partial charge in [-0.1, -0.05) is 105 Å². The van der Waals surface area contributed by atoms with Gasteiger partial charge in [-0.3, -0.25) is 0 Å². The smallest absolute Gasteiger partial charge is 0.0547 e. The van der Waals surface area contributed by atoms with Crippen molar-refractivity contribution in [3.05, 3.63) is 157 Å². The monoisotopic (exact) mass is 632 g/mol. The van der Waals surface area contributed by atoms with Crippen LogP contribution in [0.1, 0.15) is 25.3 Å². The second-order valence-electron chi connectivity index (χ2n) is 13.2. The summed E-state index contributed by atoms with van der Waals surface area (Å²) >= 11 is 1.88. The summed E-state index contributed by atoms with van der Waals surface area (Å²) in [6.07, 6.45) is 0. The molecule has 10 rings (SSSR count). The number of hydrogen-bond acceptors (Lipinski definition) is 1. The number of aromatic nitrogens is 2. The van der Waals surface area contributed by atoms with Crippen molar-refractivity contribution in [2.45, 2.75) is 19.8 Å². The summed E-state index contributed by atoms with van der Waals surface area (Å²) in [4.78, 5) is 0. The zero-order valence-corrected chi connectivity index (χ0v) is 27.6. The van der Waals surface area contributed by atoms with Crippen LogP contribution in [0.4, 0.5) is 0 Å². The standard InChI is InChI=1S/C45H32N2S/c1-28(2)30-16-20-36-34-12-6-8-14-40(34)46(42(36)24-30)32-18-22-44-38(26-32)39-27-33(19-23-45(39)48-44)47-41-15-9-7-13-35(41)37-21-17-31(25-43(37)47)29-10-4-3-5-11-29/h3-28H,1-2H3. The maximum absolute atomic E-state index is 2.46. The Morgan fingerprint density at radius 3 is 1.52 bits per heavy atom. The minimum Gasteiger partial charge on any atom is -0.309 e. The van der Waals surface area contributed by atoms with E-state index in [0.29, 0.717) is 5.92 Å². The first-order chi connectivity index (χ1) is 23.6. The van der Waals surface area contributed by atoms with E-state index < -0.39 is 0 Å². The minimum absolute atomic E-state index is 0.465. The van der Waals surface area contributed by atoms with E-state index in [1.54, 1.807) is 0 Å². The van der Waals surface area contributed by atoms with Crippen molar-refractivity contribution in [3.8, 4) is 22.5 Å². The van der Waals surface area contributed by atoms with Gasteiger partial charge in [0.2, 0.25) is 0 Å². The molecule has 0 atom stereocenters. The predicted octanol–water partition coefficient (Wildman–Crippen LogP) is 13.0. The average molecular weight is 633 g/mol. The molecule has 0 radical (unpaired) electrons. The molecule has 10 aromatic rings. The molecule has 0 fully saturated rings. The van der Waals surface area contributed by atoms with Gasteiger partial charge in [-0.25, -0.2) is 0 Å². The molecule has 0 amide bonds. The van der Waals surface area contributed by atoms with Crippen molar-refractivity contribution in [2.75, 3.05) is 0 Å². The summed E-state index contributed by atoms with van der Waals surface area (Å²) in [6.45, 7) is 4.55. The van der Waals surface area contributed by atoms with E-state index in [0.717, 1.165) is 0 Å². The first-order valence-corrected chi connectivity index (χ1v) is 17.5. The Hall–Kier alpha value is -5.64. The summed E-state index contributed by atoms with van der Waals surface area (Å²) < 4.78 is 7.52. The van der Waals surface area contributed by atoms with Crippen LogP contribution < -0.4 is 0 Å². The average Bonchev–Trinajstić information content (AvgIpc) is 3.78. The van der Waals surface area contributed by atoms with Crippen molar-refractivity contribution >= 4 is 75.1 Å². The fourth-order valence-corrected chi connectivity index (χ4v) is 8.78. The molecule has 0 saturated heterocycles. The summed E-state index contributed by atoms with van der Waals surface area (Å²) in [5.74, 6) is 0.465. The largest absolute Gasteiger partial charge is 0.309 e. The number of thiophene rings is 1. The zero-order chi connectivity index (χ0) is 31.9. The van der Waals surface area contributed by atoms with E-state index >= 15 is 0 Å². The van der Waals surface area contributed by atoms with E-state index in [4.69, 9.17) is 0 Å². The van der Waals surface area contributed by atoms with Gasteiger partial charge >= 0.3 is 0 Å². The molecule has 228 valence electrons. The van der Waals surface area contributed by atoms with Crippen molar-refractivity contribution in [3.63, 3.8) is 0 Å². The van der Waals surface area contributed by atoms with Crippen molar-refractivity contribution < 1.29 is 0 Å². The van der Waals surface area contributed by atoms with Crippen molar-refractivity contribution in [2.24, 2.45) is 0 Å². The number of benzene rings is 7. The molecule has 0 spiro atoms. The molecule has 0 bridgehead atoms. The quantitative estimate of drug-likeness (QED) is 0.183. The highest BCUT2D eigenvalue weighted by molar-refractivity contribution is 7.25. The highest BCUT2D eigenvalue weighted by Crippen LogP contribution is 2.41. The maximum Gasteiger partial charge on any atom is 0.0547 e. The van der Waals surface area contributed by atoms with Gasteiger partial charge in [-0.05, 0) is 83.3 Å². The third-order valence-corrected chi connectivity index (χ3v) is 11.2. The van der Waals surface area contributed by atoms with E-state index in [1.165, 1.54) is 91.8 Å². The van der Waals surface area contributed by atoms with Gasteiger partial charge < -0.3 is 9.13 Å². The molecular weight excluding hydrogens is 601 g/mol. The molecular formula is C45H32N2S. The number of rotatable bonds is 4. The van der Waals surface area contributed by atoms with Crippen LogP contribution >= 0.6 is 11.3 Å². The first kappa shape index (κ1) is 27.5. The lowest BCUT2D eigenvalue weighted by atomic mass is 10.0. The molecule has 3 heteroatoms. The Bertz CT molecular complexity index is 2860. The van der Waals surface area contributed by atoms with Gasteiger partial charge in [0, 0.05) is 53.1 Å². The van der Waals surface area contributed by atoms with Crippen LogP contribution in [0.2, 0.25) is 0 Å². The molecule has 0 N–H and O–H groups in total. The summed E-state index contributed by atoms with van der Waals surface area (Å²) in [7, 11) is 0. The van der Waals surface area contributed by atoms with Gasteiger partial charge in [-0.15, -0.1) is 11.3 Å². The topological polar surface area (TPSA) is 9.86 Å². The van der Waals surface area contributed by atoms with Gasteiger partial charge in [0.25, 0.3) is 0 Å². The molecule has 0 aliphatic heterocycles. The minimum atomic E-state index is 0.465. The van der Waals surface area contributed by atoms with Crippen LogP contribution in [0.25, 0.3) is 86.3 Å². The molecule has 48 heavy (non-hydrogen) atoms. The van der Waals surface area contributed by atoms with Crippen LogP contribution in [-0.2, 0) is 0 Å². The molecule has 0 aliphatic carbocycles. The van der Waals surface area contributed by atoms with Crippen LogP contribution in [0, 0.1) is 0 Å². The van der Waals surface area contributed by atoms with Crippen LogP contribution in [0.15, 0.2) is 152 Å². The molecule has 7 aromatic carbocycles. The lowest BCUT2D eigenvalue weighted by molar-refractivity contribution is 0.868. The molecule has 0 unspecified atom stereocenters. The molecule has 2 nitrogen and oxygen atoms in total. The zero-order valence-electron chi connectivity index (χ0n) is 26.8. The van der Waals surface area contributed by atoms with Crippen LogP contribution in [0.5, 0.6) is 0 Å². The third kappa shape index (κ3) is 4.04. The van der Waals surface area contributed by atoms with Gasteiger partial charge in [0.15, 0.2) is 0 Å². The van der Waals surface area contributed by atoms with Gasteiger partial charge in [0.05, 0.1) is 22.1 Å². The van der Waals surface area contributed by atoms with Crippen LogP contribution in [-0.4, -0.2) is 9.13 Å². The maximum atomic E-state index is 2.46. The normalized spacial score (nSPS) is 12.1. The predicted molar refractivity (Wildman–Crippen MR) is 208 cm³/mol. The Labute approximate surface area is 282 Å². The van der Waals surface area contributed by atoms with Crippen molar-refractivity contribution in [1.29, 1.82) is 0 Å². The molecule has 0 aliphatic rings. The van der Waals surface area contributed by atoms with E-state index in [9.17, 15) is 0 Å². The molecule has 0 saturated carbocycles. The Morgan fingerprint density at radius 2 is 0.917 bits per heavy atom. The van der Waals surface area contributed by atoms with Gasteiger partial charge in [-0.2, -0.15) is 0 Å². The number of hydrogen-bond donors (Lipinski definition) is 0. The number of nitrogens with zero attached hydrogens (tertiary/aromatic N) is 2. The lowest BCUT2D eigenvalue weighted by Crippen LogP contribution is -1.95. The second kappa shape index (κ2) is 10.4. The van der Waals surface area contributed by atoms with E-state index in [1.807, 2.05) is 11.3 Å². The van der Waals surface area contributed by atoms with E-state index in [2.05, 4.69) is 175 Å². The molecule has 3 heterocycles. The van der Waals surface area contributed by atoms with Gasteiger partial charge in [0.1, 0.15) is 0 Å². The Balaban J connectivity index is 1.21. The third-order valence-electron chi connectivity index (χ3n) is 10.1. The molecule has 3 aromatic heterocycles. The highest BCUT2D eigenvalue weighted by atomic mass is 32.1. The Morgan fingerprint density at radius 1 is 0.396 bits per heavy atom. The summed E-state index contributed by atoms with van der Waals surface area (Å²) in [5.41, 5.74) is 11.2. The van der Waals surface area contributed by atoms with Crippen molar-refractivity contribution in [1.82, 2.24) is 9.13 Å². The highest BCUT2D eigenvalue weighted by Gasteiger charge is 2.17. The SMILES string of the molecule is CC(C)c1ccc2c3ccccc3n(-c3ccc4sc5ccc(-n6c7ccccc7c7ccc(-c8ccccc8)cc76)cc5c4c3)c2c1. The first-order valence-electron chi connectivity index (χ1n) is 16.7. The lowest BCUT2D eigenvalue weighted by Gasteiger charge is -2.11. The van der Waals surface area contributed by atoms with Crippen LogP contribution in [0.3, 0.4) is 0 Å². The Kier molecular flexibility index (Phi) is 5.97. The second-order valence-corrected chi connectivity index (χ2v) is 14.3. The number of para-hydroxylation sites is 2.